The average molecular weight is 653 g/mol. The molecule has 2 N–H and O–H groups in total. The Balaban J connectivity index is 0.000000232. The number of hydrogen-bond donors (Lipinski definition) is 1. The summed E-state index contributed by atoms with van der Waals surface area (Å²) in [5, 5.41) is 0. The van der Waals surface area contributed by atoms with Gasteiger partial charge in [0.15, 0.2) is 0 Å². The van der Waals surface area contributed by atoms with Crippen molar-refractivity contribution in [2.45, 2.75) is 120 Å². The van der Waals surface area contributed by atoms with Gasteiger partial charge in [0.2, 0.25) is 0 Å². The van der Waals surface area contributed by atoms with Gasteiger partial charge in [0.1, 0.15) is 0 Å². The van der Waals surface area contributed by atoms with Crippen molar-refractivity contribution < 1.29 is 33.4 Å². The fourth-order valence-electron chi connectivity index (χ4n) is 6.78. The van der Waals surface area contributed by atoms with E-state index in [1.165, 1.54) is 22.5 Å². The Kier molecular flexibility index (Phi) is 16.0. The molecule has 0 unspecified atom stereocenters. The zero-order valence-corrected chi connectivity index (χ0v) is 26.6. The van der Waals surface area contributed by atoms with Gasteiger partial charge in [-0.1, -0.05) is 37.5 Å². The third-order valence-electron chi connectivity index (χ3n) is 8.40. The van der Waals surface area contributed by atoms with Gasteiger partial charge >= 0.3 is 20.4 Å². The molecule has 0 aromatic heterocycles. The van der Waals surface area contributed by atoms with Gasteiger partial charge in [-0.25, -0.2) is 8.42 Å². The maximum absolute atomic E-state index is 9.08. The van der Waals surface area contributed by atoms with Gasteiger partial charge in [0.05, 0.1) is 27.1 Å². The van der Waals surface area contributed by atoms with E-state index in [-0.39, 0.29) is 28.3 Å². The Bertz CT molecular complexity index is 884. The van der Waals surface area contributed by atoms with Crippen LogP contribution in [0, 0.1) is 6.04 Å². The molecule has 0 aliphatic heterocycles. The van der Waals surface area contributed by atoms with Gasteiger partial charge in [-0.15, -0.1) is 35.9 Å². The van der Waals surface area contributed by atoms with E-state index < -0.39 is 10.1 Å². The Labute approximate surface area is 247 Å². The molecule has 7 heteroatoms. The summed E-state index contributed by atoms with van der Waals surface area (Å²) >= 11 is 0. The Morgan fingerprint density at radius 1 is 0.789 bits per heavy atom. The zero-order valence-electron chi connectivity index (χ0n) is 23.2. The van der Waals surface area contributed by atoms with E-state index in [1.807, 2.05) is 18.2 Å². The second kappa shape index (κ2) is 18.1. The predicted molar refractivity (Wildman–Crippen MR) is 160 cm³/mol. The maximum Gasteiger partial charge on any atom is 2.00 e. The van der Waals surface area contributed by atoms with Crippen LogP contribution >= 0.6 is 7.92 Å². The molecular weight excluding hydrogens is 604 g/mol. The van der Waals surface area contributed by atoms with Gasteiger partial charge in [-0.2, -0.15) is 11.6 Å². The molecular formula is C31H49NO3PPdS+. The first-order valence-electron chi connectivity index (χ1n) is 14.6. The molecule has 216 valence electrons. The van der Waals surface area contributed by atoms with Crippen molar-refractivity contribution in [1.82, 2.24) is 0 Å². The van der Waals surface area contributed by atoms with Gasteiger partial charge in [0.25, 0.3) is 0 Å². The molecule has 4 aliphatic rings. The Hall–Kier alpha value is -0.468. The molecule has 1 aromatic rings. The summed E-state index contributed by atoms with van der Waals surface area (Å²) in [6.45, 7) is 0. The number of rotatable bonds is 4. The van der Waals surface area contributed by atoms with E-state index in [0.717, 1.165) is 18.0 Å². The minimum atomic E-state index is -3.92. The van der Waals surface area contributed by atoms with E-state index in [2.05, 4.69) is 30.4 Å². The number of allylic oxidation sites excluding steroid dienone is 2. The molecule has 0 spiro atoms. The summed E-state index contributed by atoms with van der Waals surface area (Å²) in [7, 11) is -3.96. The van der Waals surface area contributed by atoms with Crippen molar-refractivity contribution in [3.05, 3.63) is 60.2 Å². The number of benzene rings is 1. The van der Waals surface area contributed by atoms with E-state index >= 15 is 0 Å². The summed E-state index contributed by atoms with van der Waals surface area (Å²) in [6.07, 6.45) is 31.4. The largest absolute Gasteiger partial charge is 2.00 e. The normalized spacial score (nSPS) is 21.4. The minimum absolute atomic E-state index is 0. The molecule has 0 saturated heterocycles. The third kappa shape index (κ3) is 12.4. The fourth-order valence-corrected chi connectivity index (χ4v) is 12.0. The fraction of sp³-hybridized carbons (Fsp3) is 0.645. The summed E-state index contributed by atoms with van der Waals surface area (Å²) in [5.74, 6) is 0. The third-order valence-corrected chi connectivity index (χ3v) is 13.0. The van der Waals surface area contributed by atoms with Crippen LogP contribution in [0.1, 0.15) is 108 Å². The van der Waals surface area contributed by atoms with E-state index in [1.54, 1.807) is 96.3 Å². The molecule has 0 bridgehead atoms. The summed E-state index contributed by atoms with van der Waals surface area (Å²) in [5.41, 5.74) is 11.9. The second-order valence-corrected chi connectivity index (χ2v) is 16.2. The van der Waals surface area contributed by atoms with Crippen molar-refractivity contribution in [3.8, 4) is 0 Å². The smallest absolute Gasteiger partial charge is 0.748 e. The Morgan fingerprint density at radius 3 is 1.55 bits per heavy atom. The van der Waals surface area contributed by atoms with Crippen LogP contribution in [0.2, 0.25) is 0 Å². The average Bonchev–Trinajstić information content (AvgIpc) is 2.91. The summed E-state index contributed by atoms with van der Waals surface area (Å²) in [6, 6.07) is 11.2. The summed E-state index contributed by atoms with van der Waals surface area (Å²) in [4.78, 5) is 0. The quantitative estimate of drug-likeness (QED) is 0.155. The first kappa shape index (κ1) is 33.7. The monoisotopic (exact) mass is 652 g/mol. The molecule has 4 nitrogen and oxygen atoms in total. The van der Waals surface area contributed by atoms with Crippen LogP contribution in [0.15, 0.2) is 48.6 Å². The van der Waals surface area contributed by atoms with Crippen LogP contribution in [0.5, 0.6) is 0 Å². The van der Waals surface area contributed by atoms with Crippen molar-refractivity contribution in [2.75, 3.05) is 6.26 Å². The molecule has 38 heavy (non-hydrogen) atoms. The van der Waals surface area contributed by atoms with Crippen molar-refractivity contribution in [1.29, 1.82) is 0 Å². The molecule has 4 aliphatic carbocycles. The van der Waals surface area contributed by atoms with Crippen molar-refractivity contribution in [3.63, 3.8) is 0 Å². The molecule has 0 amide bonds. The first-order chi connectivity index (χ1) is 17.8. The minimum Gasteiger partial charge on any atom is -0.748 e. The van der Waals surface area contributed by atoms with Crippen molar-refractivity contribution in [2.24, 2.45) is 5.73 Å². The molecule has 3 fully saturated rings. The molecule has 0 heterocycles. The molecule has 3 saturated carbocycles. The molecule has 1 aromatic carbocycles. The SMILES string of the molecule is C1CCC([PH+](C2CCCCC2)C2CCCCC2)CC1.CS(=O)(=O)[O-].N[C-]1CC=CC=C1c1ccccc1.[Pd+2]. The van der Waals surface area contributed by atoms with Gasteiger partial charge in [-0.3, -0.25) is 0 Å². The van der Waals surface area contributed by atoms with Crippen molar-refractivity contribution >= 4 is 23.6 Å². The van der Waals surface area contributed by atoms with Crippen LogP contribution in [-0.4, -0.2) is 36.2 Å². The van der Waals surface area contributed by atoms with E-state index in [0.29, 0.717) is 6.26 Å². The van der Waals surface area contributed by atoms with E-state index in [4.69, 9.17) is 18.7 Å². The second-order valence-electron chi connectivity index (χ2n) is 11.3. The molecule has 0 radical (unpaired) electrons. The molecule has 5 rings (SSSR count). The van der Waals surface area contributed by atoms with Crippen LogP contribution < -0.4 is 5.73 Å². The molecule has 0 atom stereocenters. The standard InChI is InChI=1S/C18H33P.C12H12N.CH4O3S.Pd/c1-4-10-16(11-5-1)19(17-12-6-2-7-13-17)18-14-8-3-9-15-18;13-12-9-5-4-8-11(12)10-6-2-1-3-7-10;1-5(2,3)4;/h16-18H,1-15H2;1-8H,9,13H2;1H3,(H,2,3,4);/q;-1;;+2. The number of nitrogens with two attached hydrogens (primary N) is 1. The van der Waals surface area contributed by atoms with E-state index in [9.17, 15) is 0 Å². The van der Waals surface area contributed by atoms with Crippen LogP contribution in [0.4, 0.5) is 0 Å². The zero-order chi connectivity index (χ0) is 26.5. The van der Waals surface area contributed by atoms with Crippen LogP contribution in [-0.2, 0) is 30.5 Å². The van der Waals surface area contributed by atoms with Gasteiger partial charge in [-0.05, 0) is 83.5 Å². The summed E-state index contributed by atoms with van der Waals surface area (Å²) < 4.78 is 27.2. The number of hydrogen-bond acceptors (Lipinski definition) is 4. The van der Waals surface area contributed by atoms with Gasteiger partial charge < -0.3 is 10.3 Å². The first-order valence-corrected chi connectivity index (χ1v) is 18.2. The van der Waals surface area contributed by atoms with Gasteiger partial charge in [0, 0.05) is 14.2 Å². The van der Waals surface area contributed by atoms with Crippen LogP contribution in [0.25, 0.3) is 5.57 Å². The Morgan fingerprint density at radius 2 is 1.18 bits per heavy atom. The maximum atomic E-state index is 9.08. The topological polar surface area (TPSA) is 83.2 Å². The van der Waals surface area contributed by atoms with Crippen LogP contribution in [0.3, 0.4) is 0 Å². The predicted octanol–water partition coefficient (Wildman–Crippen LogP) is 7.88.